The van der Waals surface area contributed by atoms with E-state index in [0.29, 0.717) is 11.1 Å². The van der Waals surface area contributed by atoms with E-state index in [1.54, 1.807) is 12.3 Å². The average molecular weight is 155 g/mol. The summed E-state index contributed by atoms with van der Waals surface area (Å²) in [6, 6.07) is 9.38. The molecule has 3 nitrogen and oxygen atoms in total. The molecule has 0 aliphatic rings. The summed E-state index contributed by atoms with van der Waals surface area (Å²) in [5.74, 6) is 0. The van der Waals surface area contributed by atoms with E-state index >= 15 is 0 Å². The summed E-state index contributed by atoms with van der Waals surface area (Å²) < 4.78 is 0. The number of fused-ring (bicyclic) bond motifs is 1. The minimum Gasteiger partial charge on any atom is -0.192 e. The van der Waals surface area contributed by atoms with Crippen LogP contribution in [0.3, 0.4) is 0 Å². The molecule has 0 radical (unpaired) electrons. The zero-order valence-corrected chi connectivity index (χ0v) is 6.23. The first kappa shape index (κ1) is 6.74. The van der Waals surface area contributed by atoms with Crippen LogP contribution in [0.5, 0.6) is 0 Å². The van der Waals surface area contributed by atoms with Crippen LogP contribution in [0.2, 0.25) is 0 Å². The van der Waals surface area contributed by atoms with Crippen molar-refractivity contribution in [1.29, 1.82) is 5.26 Å². The molecule has 2 rings (SSSR count). The molecule has 0 saturated heterocycles. The molecule has 0 spiro atoms. The lowest BCUT2D eigenvalue weighted by molar-refractivity contribution is 1.07. The monoisotopic (exact) mass is 155 g/mol. The van der Waals surface area contributed by atoms with Crippen LogP contribution in [0.1, 0.15) is 5.56 Å². The highest BCUT2D eigenvalue weighted by molar-refractivity contribution is 5.83. The Kier molecular flexibility index (Phi) is 1.45. The molecule has 0 amide bonds. The van der Waals surface area contributed by atoms with Crippen molar-refractivity contribution in [2.75, 3.05) is 0 Å². The van der Waals surface area contributed by atoms with Crippen LogP contribution in [-0.2, 0) is 0 Å². The first-order chi connectivity index (χ1) is 5.92. The van der Waals surface area contributed by atoms with Gasteiger partial charge in [-0.05, 0) is 12.1 Å². The number of nitriles is 1. The van der Waals surface area contributed by atoms with Crippen molar-refractivity contribution < 1.29 is 0 Å². The Morgan fingerprint density at radius 1 is 1.25 bits per heavy atom. The zero-order chi connectivity index (χ0) is 8.39. The van der Waals surface area contributed by atoms with Gasteiger partial charge in [-0.3, -0.25) is 0 Å². The molecule has 0 atom stereocenters. The van der Waals surface area contributed by atoms with Crippen molar-refractivity contribution in [3.63, 3.8) is 0 Å². The van der Waals surface area contributed by atoms with Gasteiger partial charge in [0.1, 0.15) is 11.6 Å². The number of rotatable bonds is 0. The highest BCUT2D eigenvalue weighted by Crippen LogP contribution is 2.13. The van der Waals surface area contributed by atoms with Gasteiger partial charge in [-0.1, -0.05) is 12.1 Å². The van der Waals surface area contributed by atoms with Gasteiger partial charge in [0.25, 0.3) is 0 Å². The van der Waals surface area contributed by atoms with E-state index in [-0.39, 0.29) is 0 Å². The predicted octanol–water partition coefficient (Wildman–Crippen LogP) is 1.50. The van der Waals surface area contributed by atoms with Crippen molar-refractivity contribution in [2.24, 2.45) is 0 Å². The molecule has 0 saturated carbocycles. The van der Waals surface area contributed by atoms with Gasteiger partial charge in [0, 0.05) is 5.39 Å². The third kappa shape index (κ3) is 0.903. The van der Waals surface area contributed by atoms with Crippen molar-refractivity contribution in [3.05, 3.63) is 36.0 Å². The second kappa shape index (κ2) is 2.59. The molecule has 2 aromatic rings. The number of hydrogen-bond donors (Lipinski definition) is 0. The fraction of sp³-hybridized carbons (Fsp3) is 0. The SMILES string of the molecule is N#Cc1cccc2ccnnc12. The summed E-state index contributed by atoms with van der Waals surface area (Å²) in [7, 11) is 0. The molecule has 56 valence electrons. The molecule has 1 aromatic carbocycles. The van der Waals surface area contributed by atoms with Crippen LogP contribution < -0.4 is 0 Å². The normalized spacial score (nSPS) is 9.58. The molecule has 1 aromatic heterocycles. The van der Waals surface area contributed by atoms with Crippen molar-refractivity contribution in [2.45, 2.75) is 0 Å². The molecule has 0 aliphatic heterocycles. The van der Waals surface area contributed by atoms with E-state index in [2.05, 4.69) is 16.3 Å². The Balaban J connectivity index is 2.91. The molecule has 0 bridgehead atoms. The molecular weight excluding hydrogens is 150 g/mol. The predicted molar refractivity (Wildman–Crippen MR) is 44.3 cm³/mol. The van der Waals surface area contributed by atoms with Crippen LogP contribution in [0, 0.1) is 11.3 Å². The van der Waals surface area contributed by atoms with E-state index in [1.165, 1.54) is 0 Å². The van der Waals surface area contributed by atoms with Crippen LogP contribution in [0.4, 0.5) is 0 Å². The maximum Gasteiger partial charge on any atom is 0.111 e. The Labute approximate surface area is 69.3 Å². The lowest BCUT2D eigenvalue weighted by atomic mass is 10.1. The summed E-state index contributed by atoms with van der Waals surface area (Å²) in [5, 5.41) is 17.3. The highest BCUT2D eigenvalue weighted by atomic mass is 15.1. The largest absolute Gasteiger partial charge is 0.192 e. The topological polar surface area (TPSA) is 49.6 Å². The quantitative estimate of drug-likeness (QED) is 0.579. The fourth-order valence-corrected chi connectivity index (χ4v) is 1.10. The van der Waals surface area contributed by atoms with Crippen LogP contribution >= 0.6 is 0 Å². The average Bonchev–Trinajstić information content (AvgIpc) is 2.17. The first-order valence-corrected chi connectivity index (χ1v) is 3.52. The summed E-state index contributed by atoms with van der Waals surface area (Å²) in [5.41, 5.74) is 1.24. The second-order valence-corrected chi connectivity index (χ2v) is 2.39. The number of nitrogens with zero attached hydrogens (tertiary/aromatic N) is 3. The molecule has 12 heavy (non-hydrogen) atoms. The third-order valence-electron chi connectivity index (χ3n) is 1.67. The maximum absolute atomic E-state index is 8.72. The van der Waals surface area contributed by atoms with Gasteiger partial charge in [0.05, 0.1) is 11.8 Å². The lowest BCUT2D eigenvalue weighted by Crippen LogP contribution is -1.85. The van der Waals surface area contributed by atoms with Crippen molar-refractivity contribution >= 4 is 10.9 Å². The number of benzene rings is 1. The molecule has 1 heterocycles. The number of hydrogen-bond acceptors (Lipinski definition) is 3. The van der Waals surface area contributed by atoms with E-state index in [1.807, 2.05) is 18.2 Å². The number of aromatic nitrogens is 2. The van der Waals surface area contributed by atoms with Gasteiger partial charge < -0.3 is 0 Å². The Bertz CT molecular complexity index is 451. The van der Waals surface area contributed by atoms with Crippen molar-refractivity contribution in [3.8, 4) is 6.07 Å². The van der Waals surface area contributed by atoms with Gasteiger partial charge >= 0.3 is 0 Å². The second-order valence-electron chi connectivity index (χ2n) is 2.39. The third-order valence-corrected chi connectivity index (χ3v) is 1.67. The van der Waals surface area contributed by atoms with Gasteiger partial charge in [-0.25, -0.2) is 0 Å². The molecule has 0 unspecified atom stereocenters. The fourth-order valence-electron chi connectivity index (χ4n) is 1.10. The van der Waals surface area contributed by atoms with Gasteiger partial charge in [0.15, 0.2) is 0 Å². The molecule has 0 N–H and O–H groups in total. The lowest BCUT2D eigenvalue weighted by Gasteiger charge is -1.94. The molecule has 0 aliphatic carbocycles. The summed E-state index contributed by atoms with van der Waals surface area (Å²) >= 11 is 0. The van der Waals surface area contributed by atoms with Gasteiger partial charge in [-0.2, -0.15) is 10.4 Å². The highest BCUT2D eigenvalue weighted by Gasteiger charge is 1.98. The van der Waals surface area contributed by atoms with Gasteiger partial charge in [-0.15, -0.1) is 5.10 Å². The molecular formula is C9H5N3. The Morgan fingerprint density at radius 2 is 2.17 bits per heavy atom. The smallest absolute Gasteiger partial charge is 0.111 e. The van der Waals surface area contributed by atoms with E-state index in [4.69, 9.17) is 5.26 Å². The molecule has 3 heteroatoms. The van der Waals surface area contributed by atoms with Gasteiger partial charge in [0.2, 0.25) is 0 Å². The first-order valence-electron chi connectivity index (χ1n) is 3.52. The maximum atomic E-state index is 8.72. The van der Waals surface area contributed by atoms with E-state index in [9.17, 15) is 0 Å². The van der Waals surface area contributed by atoms with E-state index < -0.39 is 0 Å². The minimum absolute atomic E-state index is 0.570. The van der Waals surface area contributed by atoms with E-state index in [0.717, 1.165) is 5.39 Å². The van der Waals surface area contributed by atoms with Crippen LogP contribution in [0.15, 0.2) is 30.5 Å². The molecule has 0 fully saturated rings. The Morgan fingerprint density at radius 3 is 3.00 bits per heavy atom. The Hall–Kier alpha value is -1.95. The summed E-state index contributed by atoms with van der Waals surface area (Å²) in [6.07, 6.45) is 1.61. The minimum atomic E-state index is 0.570. The zero-order valence-electron chi connectivity index (χ0n) is 6.23. The van der Waals surface area contributed by atoms with Crippen LogP contribution in [0.25, 0.3) is 10.9 Å². The summed E-state index contributed by atoms with van der Waals surface area (Å²) in [4.78, 5) is 0. The van der Waals surface area contributed by atoms with Crippen LogP contribution in [-0.4, -0.2) is 10.2 Å². The standard InChI is InChI=1S/C9H5N3/c10-6-8-3-1-2-7-4-5-11-12-9(7)8/h1-5H. The van der Waals surface area contributed by atoms with Crippen molar-refractivity contribution in [1.82, 2.24) is 10.2 Å². The summed E-state index contributed by atoms with van der Waals surface area (Å²) in [6.45, 7) is 0.